The van der Waals surface area contributed by atoms with Gasteiger partial charge in [0.15, 0.2) is 11.4 Å². The molecule has 114 valence electrons. The molecule has 0 bridgehead atoms. The first kappa shape index (κ1) is 14.1. The zero-order chi connectivity index (χ0) is 15.7. The maximum absolute atomic E-state index is 11.2. The van der Waals surface area contributed by atoms with E-state index in [-0.39, 0.29) is 11.2 Å². The van der Waals surface area contributed by atoms with Gasteiger partial charge < -0.3 is 9.15 Å². The third-order valence-electron chi connectivity index (χ3n) is 2.65. The summed E-state index contributed by atoms with van der Waals surface area (Å²) in [6.07, 6.45) is 2.52. The van der Waals surface area contributed by atoms with Gasteiger partial charge in [-0.2, -0.15) is 0 Å². The summed E-state index contributed by atoms with van der Waals surface area (Å²) in [6, 6.07) is 7.92. The van der Waals surface area contributed by atoms with Gasteiger partial charge in [-0.1, -0.05) is 6.07 Å². The summed E-state index contributed by atoms with van der Waals surface area (Å²) in [5.74, 6) is 0.0379. The Balaban J connectivity index is 1.95. The number of H-pyrrole nitrogens is 1. The topological polar surface area (TPSA) is 114 Å². The number of ether oxygens (including phenoxy) is 1. The van der Waals surface area contributed by atoms with Crippen molar-refractivity contribution in [1.82, 2.24) is 9.97 Å². The number of fused-ring (bicyclic) bond motifs is 1. The predicted molar refractivity (Wildman–Crippen MR) is 79.6 cm³/mol. The summed E-state index contributed by atoms with van der Waals surface area (Å²) in [4.78, 5) is 17.6. The lowest BCUT2D eigenvalue weighted by molar-refractivity contribution is 0.466. The van der Waals surface area contributed by atoms with Crippen molar-refractivity contribution in [3.05, 3.63) is 47.1 Å². The summed E-state index contributed by atoms with van der Waals surface area (Å²) >= 11 is 0. The average Bonchev–Trinajstić information content (AvgIpc) is 2.78. The maximum atomic E-state index is 11.2. The van der Waals surface area contributed by atoms with Crippen LogP contribution in [-0.4, -0.2) is 24.6 Å². The lowest BCUT2D eigenvalue weighted by Gasteiger charge is -2.08. The van der Waals surface area contributed by atoms with Gasteiger partial charge in [0.25, 0.3) is 0 Å². The number of nitrogens with one attached hydrogen (secondary N) is 2. The van der Waals surface area contributed by atoms with Gasteiger partial charge in [0, 0.05) is 18.3 Å². The van der Waals surface area contributed by atoms with E-state index in [1.165, 1.54) is 18.3 Å². The smallest absolute Gasteiger partial charge is 0.418 e. The van der Waals surface area contributed by atoms with Gasteiger partial charge >= 0.3 is 5.76 Å². The van der Waals surface area contributed by atoms with Crippen molar-refractivity contribution < 1.29 is 17.6 Å². The molecule has 22 heavy (non-hydrogen) atoms. The first-order valence-corrected chi connectivity index (χ1v) is 8.03. The van der Waals surface area contributed by atoms with E-state index in [2.05, 4.69) is 14.7 Å². The Kier molecular flexibility index (Phi) is 3.33. The fraction of sp³-hybridized carbons (Fsp3) is 0.0769. The van der Waals surface area contributed by atoms with E-state index >= 15 is 0 Å². The third kappa shape index (κ3) is 3.09. The highest BCUT2D eigenvalue weighted by molar-refractivity contribution is 7.92. The molecule has 3 rings (SSSR count). The van der Waals surface area contributed by atoms with E-state index < -0.39 is 15.8 Å². The highest BCUT2D eigenvalue weighted by atomic mass is 32.2. The number of hydrogen-bond donors (Lipinski definition) is 2. The molecule has 0 aliphatic rings. The molecular weight excluding hydrogens is 310 g/mol. The summed E-state index contributed by atoms with van der Waals surface area (Å²) in [7, 11) is -3.38. The molecular formula is C13H11N3O5S. The van der Waals surface area contributed by atoms with Crippen LogP contribution in [0.5, 0.6) is 11.5 Å². The number of nitrogens with zero attached hydrogens (tertiary/aromatic N) is 1. The van der Waals surface area contributed by atoms with Crippen LogP contribution < -0.4 is 15.2 Å². The molecule has 0 aliphatic carbocycles. The second kappa shape index (κ2) is 5.19. The molecule has 0 spiro atoms. The Bertz CT molecular complexity index is 990. The summed E-state index contributed by atoms with van der Waals surface area (Å²) in [6.45, 7) is 0. The number of oxazole rings is 1. The van der Waals surface area contributed by atoms with Crippen LogP contribution in [0.1, 0.15) is 0 Å². The van der Waals surface area contributed by atoms with Gasteiger partial charge in [0.05, 0.1) is 11.9 Å². The van der Waals surface area contributed by atoms with E-state index in [9.17, 15) is 13.2 Å². The number of pyridine rings is 1. The molecule has 2 N–H and O–H groups in total. The first-order chi connectivity index (χ1) is 10.4. The van der Waals surface area contributed by atoms with Crippen molar-refractivity contribution in [2.75, 3.05) is 11.0 Å². The fourth-order valence-electron chi connectivity index (χ4n) is 1.88. The molecule has 0 fully saturated rings. The van der Waals surface area contributed by atoms with Crippen LogP contribution in [0.4, 0.5) is 5.69 Å². The highest BCUT2D eigenvalue weighted by Gasteiger charge is 2.10. The van der Waals surface area contributed by atoms with E-state index in [0.717, 1.165) is 6.26 Å². The Morgan fingerprint density at radius 2 is 2.14 bits per heavy atom. The van der Waals surface area contributed by atoms with E-state index in [1.807, 2.05) is 0 Å². The summed E-state index contributed by atoms with van der Waals surface area (Å²) < 4.78 is 35.4. The SMILES string of the molecule is CS(=O)(=O)Nc1cccc(Oc2ccnc3[nH]c(=O)oc23)c1. The normalized spacial score (nSPS) is 11.5. The minimum atomic E-state index is -3.38. The van der Waals surface area contributed by atoms with Crippen molar-refractivity contribution in [2.45, 2.75) is 0 Å². The van der Waals surface area contributed by atoms with Crippen LogP contribution in [0, 0.1) is 0 Å². The first-order valence-electron chi connectivity index (χ1n) is 6.14. The van der Waals surface area contributed by atoms with Gasteiger partial charge in [-0.05, 0) is 12.1 Å². The van der Waals surface area contributed by atoms with Crippen molar-refractivity contribution in [2.24, 2.45) is 0 Å². The molecule has 3 aromatic rings. The van der Waals surface area contributed by atoms with Crippen LogP contribution in [0.2, 0.25) is 0 Å². The van der Waals surface area contributed by atoms with Crippen molar-refractivity contribution in [3.8, 4) is 11.5 Å². The Morgan fingerprint density at radius 3 is 2.91 bits per heavy atom. The summed E-state index contributed by atoms with van der Waals surface area (Å²) in [5.41, 5.74) is 0.822. The predicted octanol–water partition coefficient (Wildman–Crippen LogP) is 1.68. The van der Waals surface area contributed by atoms with Crippen molar-refractivity contribution >= 4 is 26.9 Å². The highest BCUT2D eigenvalue weighted by Crippen LogP contribution is 2.28. The minimum absolute atomic E-state index is 0.189. The van der Waals surface area contributed by atoms with Gasteiger partial charge in [-0.25, -0.2) is 18.2 Å². The molecule has 0 amide bonds. The molecule has 2 heterocycles. The largest absolute Gasteiger partial charge is 0.453 e. The number of aromatic amines is 1. The molecule has 2 aromatic heterocycles. The molecule has 0 radical (unpaired) electrons. The maximum Gasteiger partial charge on any atom is 0.418 e. The molecule has 1 aromatic carbocycles. The average molecular weight is 321 g/mol. The quantitative estimate of drug-likeness (QED) is 0.755. The Hall–Kier alpha value is -2.81. The van der Waals surface area contributed by atoms with Gasteiger partial charge in [0.2, 0.25) is 15.6 Å². The molecule has 0 atom stereocenters. The number of anilines is 1. The lowest BCUT2D eigenvalue weighted by Crippen LogP contribution is -2.09. The van der Waals surface area contributed by atoms with Crippen molar-refractivity contribution in [3.63, 3.8) is 0 Å². The number of benzene rings is 1. The van der Waals surface area contributed by atoms with Crippen LogP contribution in [0.15, 0.2) is 45.7 Å². The molecule has 0 unspecified atom stereocenters. The molecule has 0 saturated heterocycles. The van der Waals surface area contributed by atoms with E-state index in [4.69, 9.17) is 9.15 Å². The number of aromatic nitrogens is 2. The second-order valence-corrected chi connectivity index (χ2v) is 6.25. The zero-order valence-electron chi connectivity index (χ0n) is 11.4. The lowest BCUT2D eigenvalue weighted by atomic mass is 10.3. The van der Waals surface area contributed by atoms with E-state index in [1.54, 1.807) is 18.2 Å². The van der Waals surface area contributed by atoms with E-state index in [0.29, 0.717) is 17.2 Å². The monoisotopic (exact) mass is 321 g/mol. The second-order valence-electron chi connectivity index (χ2n) is 4.51. The molecule has 8 nitrogen and oxygen atoms in total. The molecule has 0 saturated carbocycles. The number of sulfonamides is 1. The van der Waals surface area contributed by atoms with Gasteiger partial charge in [-0.15, -0.1) is 0 Å². The van der Waals surface area contributed by atoms with Crippen LogP contribution in [0.3, 0.4) is 0 Å². The molecule has 9 heteroatoms. The summed E-state index contributed by atoms with van der Waals surface area (Å²) in [5, 5.41) is 0. The van der Waals surface area contributed by atoms with Crippen molar-refractivity contribution in [1.29, 1.82) is 0 Å². The zero-order valence-corrected chi connectivity index (χ0v) is 12.2. The third-order valence-corrected chi connectivity index (χ3v) is 3.26. The minimum Gasteiger partial charge on any atom is -0.453 e. The van der Waals surface area contributed by atoms with Crippen LogP contribution in [-0.2, 0) is 10.0 Å². The Morgan fingerprint density at radius 1 is 1.32 bits per heavy atom. The fourth-order valence-corrected chi connectivity index (χ4v) is 2.43. The van der Waals surface area contributed by atoms with Gasteiger partial charge in [0.1, 0.15) is 5.75 Å². The van der Waals surface area contributed by atoms with Gasteiger partial charge in [-0.3, -0.25) is 9.71 Å². The van der Waals surface area contributed by atoms with Crippen LogP contribution in [0.25, 0.3) is 11.2 Å². The standard InChI is InChI=1S/C13H11N3O5S/c1-22(18,19)16-8-3-2-4-9(7-8)20-10-5-6-14-12-11(10)21-13(17)15-12/h2-7,16H,1H3,(H,14,15,17). The Labute approximate surface area is 124 Å². The number of rotatable bonds is 4. The molecule has 0 aliphatic heterocycles. The number of hydrogen-bond acceptors (Lipinski definition) is 6. The van der Waals surface area contributed by atoms with Crippen LogP contribution >= 0.6 is 0 Å².